The van der Waals surface area contributed by atoms with Crippen molar-refractivity contribution in [2.24, 2.45) is 0 Å². The van der Waals surface area contributed by atoms with Gasteiger partial charge in [0, 0.05) is 24.1 Å². The van der Waals surface area contributed by atoms with Crippen molar-refractivity contribution in [3.63, 3.8) is 0 Å². The minimum atomic E-state index is -0.441. The summed E-state index contributed by atoms with van der Waals surface area (Å²) >= 11 is 1.87. The number of nitrogens with zero attached hydrogens (tertiary/aromatic N) is 1. The molecule has 114 valence electrons. The van der Waals surface area contributed by atoms with Gasteiger partial charge in [-0.25, -0.2) is 4.39 Å². The van der Waals surface area contributed by atoms with E-state index in [9.17, 15) is 9.18 Å². The number of rotatable bonds is 2. The van der Waals surface area contributed by atoms with E-state index in [-0.39, 0.29) is 11.5 Å². The van der Waals surface area contributed by atoms with Crippen molar-refractivity contribution < 1.29 is 9.18 Å². The van der Waals surface area contributed by atoms with E-state index < -0.39 is 5.82 Å². The summed E-state index contributed by atoms with van der Waals surface area (Å²) in [5.41, 5.74) is 1.47. The van der Waals surface area contributed by atoms with Gasteiger partial charge in [0.05, 0.1) is 5.56 Å². The highest BCUT2D eigenvalue weighted by atomic mass is 32.2. The fraction of sp³-hybridized carbons (Fsp3) is 0.278. The topological polar surface area (TPSA) is 20.3 Å². The van der Waals surface area contributed by atoms with Crippen molar-refractivity contribution in [2.75, 3.05) is 18.8 Å². The maximum atomic E-state index is 13.8. The molecule has 2 aromatic carbocycles. The average molecular weight is 315 g/mol. The largest absolute Gasteiger partial charge is 0.338 e. The van der Waals surface area contributed by atoms with Crippen LogP contribution in [0.25, 0.3) is 0 Å². The Balaban J connectivity index is 1.70. The lowest BCUT2D eigenvalue weighted by Gasteiger charge is -2.20. The Morgan fingerprint density at radius 2 is 1.77 bits per heavy atom. The number of halogens is 1. The first-order valence-corrected chi connectivity index (χ1v) is 8.51. The number of carbonyl (C=O) groups excluding carboxylic acids is 1. The molecule has 0 aliphatic carbocycles. The summed E-state index contributed by atoms with van der Waals surface area (Å²) in [5.74, 6) is 0.233. The molecule has 0 aromatic heterocycles. The molecule has 1 aliphatic heterocycles. The molecule has 2 aromatic rings. The van der Waals surface area contributed by atoms with E-state index in [1.54, 1.807) is 23.1 Å². The normalized spacial score (nSPS) is 18.8. The monoisotopic (exact) mass is 315 g/mol. The molecule has 1 unspecified atom stereocenters. The van der Waals surface area contributed by atoms with Crippen molar-refractivity contribution in [2.45, 2.75) is 11.7 Å². The summed E-state index contributed by atoms with van der Waals surface area (Å²) in [5, 5.41) is 0.402. The first-order chi connectivity index (χ1) is 10.8. The maximum Gasteiger partial charge on any atom is 0.256 e. The third-order valence-corrected chi connectivity index (χ3v) is 5.23. The molecule has 2 nitrogen and oxygen atoms in total. The minimum absolute atomic E-state index is 0.172. The van der Waals surface area contributed by atoms with E-state index in [1.807, 2.05) is 30.0 Å². The van der Waals surface area contributed by atoms with Gasteiger partial charge in [0.2, 0.25) is 0 Å². The zero-order valence-corrected chi connectivity index (χ0v) is 13.1. The molecule has 4 heteroatoms. The summed E-state index contributed by atoms with van der Waals surface area (Å²) in [4.78, 5) is 14.3. The van der Waals surface area contributed by atoms with Gasteiger partial charge in [-0.1, -0.05) is 42.5 Å². The number of carbonyl (C=O) groups is 1. The number of thioether (sulfide) groups is 1. The summed E-state index contributed by atoms with van der Waals surface area (Å²) in [7, 11) is 0. The second-order valence-corrected chi connectivity index (χ2v) is 6.64. The van der Waals surface area contributed by atoms with Gasteiger partial charge in [0.15, 0.2) is 0 Å². The summed E-state index contributed by atoms with van der Waals surface area (Å²) in [6.45, 7) is 1.33. The van der Waals surface area contributed by atoms with Gasteiger partial charge in [-0.05, 0) is 24.1 Å². The molecule has 0 radical (unpaired) electrons. The van der Waals surface area contributed by atoms with Crippen LogP contribution < -0.4 is 0 Å². The van der Waals surface area contributed by atoms with Crippen molar-refractivity contribution in [1.82, 2.24) is 4.90 Å². The fourth-order valence-corrected chi connectivity index (χ4v) is 3.94. The van der Waals surface area contributed by atoms with Gasteiger partial charge in [0.1, 0.15) is 5.82 Å². The van der Waals surface area contributed by atoms with Crippen LogP contribution in [0.4, 0.5) is 4.39 Å². The van der Waals surface area contributed by atoms with Crippen molar-refractivity contribution in [3.8, 4) is 0 Å². The van der Waals surface area contributed by atoms with E-state index >= 15 is 0 Å². The highest BCUT2D eigenvalue weighted by molar-refractivity contribution is 7.99. The highest BCUT2D eigenvalue weighted by Crippen LogP contribution is 2.34. The Kier molecular flexibility index (Phi) is 4.78. The predicted molar refractivity (Wildman–Crippen MR) is 88.6 cm³/mol. The number of hydrogen-bond acceptors (Lipinski definition) is 2. The first kappa shape index (κ1) is 15.1. The van der Waals surface area contributed by atoms with E-state index in [1.165, 1.54) is 11.6 Å². The van der Waals surface area contributed by atoms with Crippen LogP contribution >= 0.6 is 11.8 Å². The van der Waals surface area contributed by atoms with Gasteiger partial charge in [-0.2, -0.15) is 11.8 Å². The average Bonchev–Trinajstić information content (AvgIpc) is 2.81. The lowest BCUT2D eigenvalue weighted by Crippen LogP contribution is -2.33. The van der Waals surface area contributed by atoms with Crippen molar-refractivity contribution >= 4 is 17.7 Å². The zero-order chi connectivity index (χ0) is 15.4. The van der Waals surface area contributed by atoms with Crippen LogP contribution in [0, 0.1) is 5.82 Å². The van der Waals surface area contributed by atoms with E-state index in [4.69, 9.17) is 0 Å². The van der Waals surface area contributed by atoms with Gasteiger partial charge in [0.25, 0.3) is 5.91 Å². The molecule has 1 atom stereocenters. The van der Waals surface area contributed by atoms with E-state index in [2.05, 4.69) is 12.1 Å². The van der Waals surface area contributed by atoms with Crippen LogP contribution in [0.3, 0.4) is 0 Å². The van der Waals surface area contributed by atoms with Crippen LogP contribution in [-0.4, -0.2) is 29.6 Å². The molecule has 1 amide bonds. The number of amides is 1. The molecule has 1 aliphatic rings. The Bertz CT molecular complexity index is 647. The molecule has 1 saturated heterocycles. The molecular weight excluding hydrogens is 297 g/mol. The Labute approximate surface area is 134 Å². The lowest BCUT2D eigenvalue weighted by atomic mass is 10.1. The van der Waals surface area contributed by atoms with Gasteiger partial charge in [-0.15, -0.1) is 0 Å². The van der Waals surface area contributed by atoms with Crippen LogP contribution in [0.2, 0.25) is 0 Å². The minimum Gasteiger partial charge on any atom is -0.338 e. The Morgan fingerprint density at radius 1 is 1.05 bits per heavy atom. The molecule has 0 bridgehead atoms. The van der Waals surface area contributed by atoms with E-state index in [0.717, 1.165) is 12.2 Å². The number of benzene rings is 2. The van der Waals surface area contributed by atoms with Crippen LogP contribution in [0.15, 0.2) is 54.6 Å². The van der Waals surface area contributed by atoms with Crippen LogP contribution in [0.1, 0.15) is 27.6 Å². The van der Waals surface area contributed by atoms with Gasteiger partial charge in [-0.3, -0.25) is 4.79 Å². The third-order valence-electron chi connectivity index (χ3n) is 3.90. The molecule has 0 spiro atoms. The highest BCUT2D eigenvalue weighted by Gasteiger charge is 2.24. The Hall–Kier alpha value is -1.81. The Morgan fingerprint density at radius 3 is 2.55 bits per heavy atom. The molecule has 0 N–H and O–H groups in total. The second-order valence-electron chi connectivity index (χ2n) is 5.33. The molecule has 1 fully saturated rings. The van der Waals surface area contributed by atoms with E-state index in [0.29, 0.717) is 18.3 Å². The summed E-state index contributed by atoms with van der Waals surface area (Å²) in [6.07, 6.45) is 0.898. The number of hydrogen-bond donors (Lipinski definition) is 0. The van der Waals surface area contributed by atoms with Crippen molar-refractivity contribution in [1.29, 1.82) is 0 Å². The second kappa shape index (κ2) is 6.97. The van der Waals surface area contributed by atoms with Crippen LogP contribution in [0.5, 0.6) is 0 Å². The fourth-order valence-electron chi connectivity index (χ4n) is 2.71. The maximum absolute atomic E-state index is 13.8. The van der Waals surface area contributed by atoms with Gasteiger partial charge < -0.3 is 4.90 Å². The van der Waals surface area contributed by atoms with Gasteiger partial charge >= 0.3 is 0 Å². The molecule has 1 heterocycles. The quantitative estimate of drug-likeness (QED) is 0.830. The third kappa shape index (κ3) is 3.33. The first-order valence-electron chi connectivity index (χ1n) is 7.46. The lowest BCUT2D eigenvalue weighted by molar-refractivity contribution is 0.0762. The summed E-state index contributed by atoms with van der Waals surface area (Å²) in [6, 6.07) is 16.6. The standard InChI is InChI=1S/C18H18FNOS/c19-16-9-5-4-8-15(16)18(21)20-11-10-17(22-13-12-20)14-6-2-1-3-7-14/h1-9,17H,10-13H2. The molecule has 22 heavy (non-hydrogen) atoms. The smallest absolute Gasteiger partial charge is 0.256 e. The summed E-state index contributed by atoms with van der Waals surface area (Å²) < 4.78 is 13.8. The molecule has 3 rings (SSSR count). The van der Waals surface area contributed by atoms with Crippen LogP contribution in [-0.2, 0) is 0 Å². The molecular formula is C18H18FNOS. The SMILES string of the molecule is O=C(c1ccccc1F)N1CCSC(c2ccccc2)CC1. The molecule has 0 saturated carbocycles. The predicted octanol–water partition coefficient (Wildman–Crippen LogP) is 4.15. The van der Waals surface area contributed by atoms with Crippen molar-refractivity contribution in [3.05, 3.63) is 71.5 Å². The zero-order valence-electron chi connectivity index (χ0n) is 12.2.